The number of hydrogen-bond donors (Lipinski definition) is 1. The van der Waals surface area contributed by atoms with Gasteiger partial charge in [-0.15, -0.1) is 0 Å². The third-order valence-corrected chi connectivity index (χ3v) is 3.04. The number of aromatic nitrogens is 1. The van der Waals surface area contributed by atoms with Crippen molar-refractivity contribution < 1.29 is 4.52 Å². The van der Waals surface area contributed by atoms with Crippen LogP contribution in [0.1, 0.15) is 16.9 Å². The van der Waals surface area contributed by atoms with E-state index in [4.69, 9.17) is 4.52 Å². The van der Waals surface area contributed by atoms with E-state index in [0.29, 0.717) is 13.1 Å². The average molecular weight is 230 g/mol. The lowest BCUT2D eigenvalue weighted by Crippen LogP contribution is -2.27. The van der Waals surface area contributed by atoms with Gasteiger partial charge in [-0.3, -0.25) is 4.79 Å². The predicted molar refractivity (Wildman–Crippen MR) is 63.9 cm³/mol. The van der Waals surface area contributed by atoms with Gasteiger partial charge in [0.05, 0.1) is 12.1 Å². The highest BCUT2D eigenvalue weighted by molar-refractivity contribution is 5.19. The molecule has 4 heteroatoms. The molecule has 0 unspecified atom stereocenters. The van der Waals surface area contributed by atoms with Crippen LogP contribution in [0.5, 0.6) is 0 Å². The van der Waals surface area contributed by atoms with E-state index in [1.54, 1.807) is 0 Å². The third kappa shape index (κ3) is 1.91. The van der Waals surface area contributed by atoms with Gasteiger partial charge in [0.25, 0.3) is 5.56 Å². The molecule has 1 N–H and O–H groups in total. The number of hydrogen-bond acceptors (Lipinski definition) is 3. The van der Waals surface area contributed by atoms with Gasteiger partial charge in [0.15, 0.2) is 0 Å². The van der Waals surface area contributed by atoms with Crippen LogP contribution >= 0.6 is 0 Å². The van der Waals surface area contributed by atoms with Crippen LogP contribution in [0.15, 0.2) is 39.6 Å². The Labute approximate surface area is 98.8 Å². The minimum absolute atomic E-state index is 0.00365. The van der Waals surface area contributed by atoms with Gasteiger partial charge in [0.1, 0.15) is 5.76 Å². The SMILES string of the molecule is O=c1c2c(on1Cc1ccccc1)CCNC2. The van der Waals surface area contributed by atoms with Gasteiger partial charge >= 0.3 is 0 Å². The monoisotopic (exact) mass is 230 g/mol. The van der Waals surface area contributed by atoms with E-state index in [1.807, 2.05) is 30.3 Å². The van der Waals surface area contributed by atoms with E-state index in [-0.39, 0.29) is 5.56 Å². The second-order valence-corrected chi connectivity index (χ2v) is 4.25. The number of fused-ring (bicyclic) bond motifs is 1. The van der Waals surface area contributed by atoms with Crippen LogP contribution in [0.2, 0.25) is 0 Å². The van der Waals surface area contributed by atoms with Crippen molar-refractivity contribution in [3.8, 4) is 0 Å². The van der Waals surface area contributed by atoms with Crippen LogP contribution in [0.4, 0.5) is 0 Å². The Morgan fingerprint density at radius 2 is 2.12 bits per heavy atom. The minimum atomic E-state index is -0.00365. The Hall–Kier alpha value is -1.81. The van der Waals surface area contributed by atoms with Crippen LogP contribution in [0.3, 0.4) is 0 Å². The second kappa shape index (κ2) is 4.22. The topological polar surface area (TPSA) is 47.2 Å². The molecule has 0 bridgehead atoms. The minimum Gasteiger partial charge on any atom is -0.380 e. The molecule has 2 aromatic rings. The number of nitrogens with zero attached hydrogens (tertiary/aromatic N) is 1. The van der Waals surface area contributed by atoms with Crippen LogP contribution in [0.25, 0.3) is 0 Å². The van der Waals surface area contributed by atoms with Gasteiger partial charge in [-0.2, -0.15) is 4.74 Å². The van der Waals surface area contributed by atoms with Crippen molar-refractivity contribution in [3.05, 3.63) is 57.6 Å². The van der Waals surface area contributed by atoms with Gasteiger partial charge in [-0.1, -0.05) is 30.3 Å². The summed E-state index contributed by atoms with van der Waals surface area (Å²) in [6.45, 7) is 2.01. The van der Waals surface area contributed by atoms with E-state index in [0.717, 1.165) is 29.9 Å². The maximum atomic E-state index is 12.0. The fourth-order valence-electron chi connectivity index (χ4n) is 2.14. The van der Waals surface area contributed by atoms with Crippen LogP contribution in [-0.2, 0) is 19.5 Å². The summed E-state index contributed by atoms with van der Waals surface area (Å²) >= 11 is 0. The molecule has 1 aliphatic rings. The summed E-state index contributed by atoms with van der Waals surface area (Å²) in [5.41, 5.74) is 1.86. The van der Waals surface area contributed by atoms with Crippen molar-refractivity contribution >= 4 is 0 Å². The summed E-state index contributed by atoms with van der Waals surface area (Å²) in [4.78, 5) is 12.0. The van der Waals surface area contributed by atoms with E-state index in [9.17, 15) is 4.79 Å². The van der Waals surface area contributed by atoms with E-state index >= 15 is 0 Å². The van der Waals surface area contributed by atoms with Crippen molar-refractivity contribution in [3.63, 3.8) is 0 Å². The lowest BCUT2D eigenvalue weighted by Gasteiger charge is -2.07. The first-order valence-corrected chi connectivity index (χ1v) is 5.81. The molecule has 0 atom stereocenters. The summed E-state index contributed by atoms with van der Waals surface area (Å²) < 4.78 is 7.06. The average Bonchev–Trinajstić information content (AvgIpc) is 2.68. The number of nitrogens with one attached hydrogen (secondary N) is 1. The summed E-state index contributed by atoms with van der Waals surface area (Å²) in [5.74, 6) is 0.838. The summed E-state index contributed by atoms with van der Waals surface area (Å²) in [5, 5.41) is 3.19. The molecule has 0 saturated carbocycles. The quantitative estimate of drug-likeness (QED) is 0.841. The number of benzene rings is 1. The molecule has 3 rings (SSSR count). The van der Waals surface area contributed by atoms with Gasteiger partial charge in [-0.05, 0) is 5.56 Å². The molecule has 4 nitrogen and oxygen atoms in total. The van der Waals surface area contributed by atoms with E-state index < -0.39 is 0 Å². The van der Waals surface area contributed by atoms with Crippen molar-refractivity contribution in [1.29, 1.82) is 0 Å². The Balaban J connectivity index is 1.94. The molecule has 1 aromatic carbocycles. The standard InChI is InChI=1S/C13H14N2O2/c16-13-11-8-14-7-6-12(11)17-15(13)9-10-4-2-1-3-5-10/h1-5,14H,6-9H2. The van der Waals surface area contributed by atoms with Gasteiger partial charge in [0, 0.05) is 19.5 Å². The third-order valence-electron chi connectivity index (χ3n) is 3.04. The van der Waals surface area contributed by atoms with Crippen molar-refractivity contribution in [2.75, 3.05) is 6.54 Å². The Morgan fingerprint density at radius 1 is 1.29 bits per heavy atom. The summed E-state index contributed by atoms with van der Waals surface area (Å²) in [6, 6.07) is 9.87. The largest absolute Gasteiger partial charge is 0.380 e. The molecule has 88 valence electrons. The lowest BCUT2D eigenvalue weighted by molar-refractivity contribution is 0.254. The highest BCUT2D eigenvalue weighted by atomic mass is 16.5. The van der Waals surface area contributed by atoms with Crippen LogP contribution < -0.4 is 10.9 Å². The maximum Gasteiger partial charge on any atom is 0.287 e. The van der Waals surface area contributed by atoms with Gasteiger partial charge in [-0.25, -0.2) is 0 Å². The fraction of sp³-hybridized carbons (Fsp3) is 0.308. The van der Waals surface area contributed by atoms with Crippen LogP contribution in [-0.4, -0.2) is 11.3 Å². The zero-order chi connectivity index (χ0) is 11.7. The molecule has 0 fully saturated rings. The number of rotatable bonds is 2. The van der Waals surface area contributed by atoms with E-state index in [1.165, 1.54) is 4.74 Å². The van der Waals surface area contributed by atoms with Gasteiger partial charge < -0.3 is 9.84 Å². The molecular weight excluding hydrogens is 216 g/mol. The Kier molecular flexibility index (Phi) is 2.57. The molecule has 1 aromatic heterocycles. The van der Waals surface area contributed by atoms with Gasteiger partial charge in [0.2, 0.25) is 0 Å². The molecule has 0 radical (unpaired) electrons. The molecule has 0 saturated heterocycles. The first-order valence-electron chi connectivity index (χ1n) is 5.81. The first kappa shape index (κ1) is 10.4. The molecule has 17 heavy (non-hydrogen) atoms. The van der Waals surface area contributed by atoms with Crippen LogP contribution in [0, 0.1) is 0 Å². The molecule has 0 aliphatic carbocycles. The Bertz CT molecular complexity index is 569. The predicted octanol–water partition coefficient (Wildman–Crippen LogP) is 1.14. The maximum absolute atomic E-state index is 12.0. The fourth-order valence-corrected chi connectivity index (χ4v) is 2.14. The molecule has 2 heterocycles. The molecule has 0 amide bonds. The van der Waals surface area contributed by atoms with Crippen molar-refractivity contribution in [2.45, 2.75) is 19.5 Å². The molecule has 1 aliphatic heterocycles. The first-order chi connectivity index (χ1) is 8.34. The Morgan fingerprint density at radius 3 is 2.88 bits per heavy atom. The summed E-state index contributed by atoms with van der Waals surface area (Å²) in [6.07, 6.45) is 0.798. The van der Waals surface area contributed by atoms with Crippen molar-refractivity contribution in [2.24, 2.45) is 0 Å². The molecular formula is C13H14N2O2. The highest BCUT2D eigenvalue weighted by Gasteiger charge is 2.19. The normalized spacial score (nSPS) is 14.6. The zero-order valence-corrected chi connectivity index (χ0v) is 9.48. The van der Waals surface area contributed by atoms with E-state index in [2.05, 4.69) is 5.32 Å². The second-order valence-electron chi connectivity index (χ2n) is 4.25. The lowest BCUT2D eigenvalue weighted by atomic mass is 10.1. The highest BCUT2D eigenvalue weighted by Crippen LogP contribution is 2.11. The van der Waals surface area contributed by atoms with Crippen molar-refractivity contribution in [1.82, 2.24) is 10.1 Å². The zero-order valence-electron chi connectivity index (χ0n) is 9.48. The summed E-state index contributed by atoms with van der Waals surface area (Å²) in [7, 11) is 0. The molecule has 0 spiro atoms. The smallest absolute Gasteiger partial charge is 0.287 e.